The third-order valence-corrected chi connectivity index (χ3v) is 5.43. The van der Waals surface area contributed by atoms with Crippen molar-refractivity contribution in [2.75, 3.05) is 0 Å². The molecule has 2 heteroatoms. The van der Waals surface area contributed by atoms with E-state index in [1.165, 1.54) is 44.5 Å². The largest absolute Gasteiger partial charge is 0.319 e. The summed E-state index contributed by atoms with van der Waals surface area (Å²) < 4.78 is 2.37. The Bertz CT molecular complexity index is 1130. The lowest BCUT2D eigenvalue weighted by atomic mass is 9.99. The third-order valence-electron chi connectivity index (χ3n) is 5.43. The van der Waals surface area contributed by atoms with Gasteiger partial charge in [0.15, 0.2) is 0 Å². The molecule has 0 amide bonds. The number of imidazole rings is 1. The van der Waals surface area contributed by atoms with E-state index < -0.39 is 0 Å². The predicted octanol–water partition coefficient (Wildman–Crippen LogP) is 6.29. The van der Waals surface area contributed by atoms with Gasteiger partial charge in [-0.25, -0.2) is 4.98 Å². The third kappa shape index (κ3) is 3.16. The van der Waals surface area contributed by atoms with Gasteiger partial charge in [-0.2, -0.15) is 0 Å². The Morgan fingerprint density at radius 3 is 2.11 bits per heavy atom. The Morgan fingerprint density at radius 1 is 0.741 bits per heavy atom. The summed E-state index contributed by atoms with van der Waals surface area (Å²) in [5.41, 5.74) is 11.4. The van der Waals surface area contributed by atoms with Crippen molar-refractivity contribution >= 4 is 11.0 Å². The summed E-state index contributed by atoms with van der Waals surface area (Å²) in [5, 5.41) is 0. The van der Waals surface area contributed by atoms with Crippen molar-refractivity contribution in [2.24, 2.45) is 0 Å². The van der Waals surface area contributed by atoms with Crippen molar-refractivity contribution in [2.45, 2.75) is 41.2 Å². The van der Waals surface area contributed by atoms with Crippen LogP contribution in [0.15, 0.2) is 54.6 Å². The molecule has 0 saturated heterocycles. The van der Waals surface area contributed by atoms with Gasteiger partial charge in [-0.1, -0.05) is 53.6 Å². The second kappa shape index (κ2) is 6.70. The fraction of sp³-hybridized carbons (Fsp3) is 0.240. The van der Waals surface area contributed by atoms with Crippen molar-refractivity contribution in [3.63, 3.8) is 0 Å². The Labute approximate surface area is 161 Å². The quantitative estimate of drug-likeness (QED) is 0.422. The standard InChI is InChI=1S/C25H26N2/c1-16-10-11-21(18(3)12-16)25-26-23-8-6-7-9-24(23)27(25)15-22-19(4)13-17(2)14-20(22)5/h6-14H,15H2,1-5H3. The molecular formula is C25H26N2. The summed E-state index contributed by atoms with van der Waals surface area (Å²) in [6, 6.07) is 19.6. The molecule has 0 unspecified atom stereocenters. The SMILES string of the molecule is Cc1ccc(-c2nc3ccccc3n2Cc2c(C)cc(C)cc2C)c(C)c1. The Hall–Kier alpha value is -2.87. The average Bonchev–Trinajstić information content (AvgIpc) is 2.96. The van der Waals surface area contributed by atoms with Gasteiger partial charge in [-0.3, -0.25) is 0 Å². The second-order valence-corrected chi connectivity index (χ2v) is 7.71. The molecule has 4 aromatic rings. The summed E-state index contributed by atoms with van der Waals surface area (Å²) in [7, 11) is 0. The highest BCUT2D eigenvalue weighted by molar-refractivity contribution is 5.81. The Kier molecular flexibility index (Phi) is 4.35. The zero-order valence-corrected chi connectivity index (χ0v) is 16.8. The van der Waals surface area contributed by atoms with Crippen molar-refractivity contribution in [1.29, 1.82) is 0 Å². The van der Waals surface area contributed by atoms with Gasteiger partial charge in [-0.15, -0.1) is 0 Å². The molecular weight excluding hydrogens is 328 g/mol. The van der Waals surface area contributed by atoms with Crippen LogP contribution in [-0.4, -0.2) is 9.55 Å². The van der Waals surface area contributed by atoms with Gasteiger partial charge in [-0.05, 0) is 69.0 Å². The maximum atomic E-state index is 5.01. The molecule has 0 aliphatic rings. The summed E-state index contributed by atoms with van der Waals surface area (Å²) >= 11 is 0. The van der Waals surface area contributed by atoms with Crippen LogP contribution in [-0.2, 0) is 6.54 Å². The molecule has 1 aromatic heterocycles. The van der Waals surface area contributed by atoms with Crippen LogP contribution in [0.5, 0.6) is 0 Å². The van der Waals surface area contributed by atoms with E-state index in [-0.39, 0.29) is 0 Å². The first-order valence-corrected chi connectivity index (χ1v) is 9.53. The molecule has 0 saturated carbocycles. The lowest BCUT2D eigenvalue weighted by Gasteiger charge is -2.16. The van der Waals surface area contributed by atoms with Crippen LogP contribution in [0.25, 0.3) is 22.4 Å². The number of fused-ring (bicyclic) bond motifs is 1. The highest BCUT2D eigenvalue weighted by atomic mass is 15.1. The highest BCUT2D eigenvalue weighted by Gasteiger charge is 2.16. The maximum absolute atomic E-state index is 5.01. The first-order valence-electron chi connectivity index (χ1n) is 9.53. The number of aromatic nitrogens is 2. The van der Waals surface area contributed by atoms with Gasteiger partial charge in [0.25, 0.3) is 0 Å². The predicted molar refractivity (Wildman–Crippen MR) is 114 cm³/mol. The van der Waals surface area contributed by atoms with Gasteiger partial charge >= 0.3 is 0 Å². The van der Waals surface area contributed by atoms with Gasteiger partial charge in [0.1, 0.15) is 5.82 Å². The Morgan fingerprint density at radius 2 is 1.41 bits per heavy atom. The fourth-order valence-corrected chi connectivity index (χ4v) is 4.12. The summed E-state index contributed by atoms with van der Waals surface area (Å²) in [6.45, 7) is 11.7. The molecule has 1 heterocycles. The van der Waals surface area contributed by atoms with Gasteiger partial charge in [0.05, 0.1) is 17.6 Å². The van der Waals surface area contributed by atoms with E-state index in [2.05, 4.69) is 93.8 Å². The molecule has 2 nitrogen and oxygen atoms in total. The molecule has 0 spiro atoms. The molecule has 4 rings (SSSR count). The van der Waals surface area contributed by atoms with Crippen LogP contribution in [0.1, 0.15) is 33.4 Å². The number of aryl methyl sites for hydroxylation is 5. The normalized spacial score (nSPS) is 11.3. The van der Waals surface area contributed by atoms with Crippen LogP contribution < -0.4 is 0 Å². The average molecular weight is 354 g/mol. The Balaban J connectivity index is 1.94. The fourth-order valence-electron chi connectivity index (χ4n) is 4.12. The number of hydrogen-bond donors (Lipinski definition) is 0. The van der Waals surface area contributed by atoms with Crippen LogP contribution in [0.4, 0.5) is 0 Å². The molecule has 0 N–H and O–H groups in total. The minimum atomic E-state index is 0.834. The van der Waals surface area contributed by atoms with Crippen LogP contribution in [0, 0.1) is 34.6 Å². The van der Waals surface area contributed by atoms with Crippen molar-refractivity contribution in [3.05, 3.63) is 88.0 Å². The van der Waals surface area contributed by atoms with Crippen LogP contribution in [0.3, 0.4) is 0 Å². The lowest BCUT2D eigenvalue weighted by molar-refractivity contribution is 0.820. The molecule has 3 aromatic carbocycles. The number of benzene rings is 3. The van der Waals surface area contributed by atoms with Gasteiger partial charge in [0, 0.05) is 5.56 Å². The topological polar surface area (TPSA) is 17.8 Å². The first-order chi connectivity index (χ1) is 12.9. The highest BCUT2D eigenvalue weighted by Crippen LogP contribution is 2.30. The monoisotopic (exact) mass is 354 g/mol. The summed E-state index contributed by atoms with van der Waals surface area (Å²) in [4.78, 5) is 5.01. The van der Waals surface area contributed by atoms with Crippen molar-refractivity contribution in [3.8, 4) is 11.4 Å². The molecule has 136 valence electrons. The van der Waals surface area contributed by atoms with E-state index in [9.17, 15) is 0 Å². The minimum absolute atomic E-state index is 0.834. The van der Waals surface area contributed by atoms with Gasteiger partial charge < -0.3 is 4.57 Å². The number of para-hydroxylation sites is 2. The summed E-state index contributed by atoms with van der Waals surface area (Å²) in [5.74, 6) is 1.05. The molecule has 0 aliphatic carbocycles. The number of nitrogens with zero attached hydrogens (tertiary/aromatic N) is 2. The van der Waals surface area contributed by atoms with E-state index in [0.29, 0.717) is 0 Å². The van der Waals surface area contributed by atoms with Gasteiger partial charge in [0.2, 0.25) is 0 Å². The van der Waals surface area contributed by atoms with E-state index in [4.69, 9.17) is 4.98 Å². The second-order valence-electron chi connectivity index (χ2n) is 7.71. The first kappa shape index (κ1) is 17.5. The molecule has 0 atom stereocenters. The lowest BCUT2D eigenvalue weighted by Crippen LogP contribution is -2.06. The molecule has 0 bridgehead atoms. The molecule has 27 heavy (non-hydrogen) atoms. The zero-order valence-electron chi connectivity index (χ0n) is 16.8. The van der Waals surface area contributed by atoms with Crippen LogP contribution >= 0.6 is 0 Å². The summed E-state index contributed by atoms with van der Waals surface area (Å²) in [6.07, 6.45) is 0. The smallest absolute Gasteiger partial charge is 0.141 e. The molecule has 0 radical (unpaired) electrons. The minimum Gasteiger partial charge on any atom is -0.319 e. The van der Waals surface area contributed by atoms with Crippen molar-refractivity contribution in [1.82, 2.24) is 9.55 Å². The van der Waals surface area contributed by atoms with E-state index in [0.717, 1.165) is 17.9 Å². The van der Waals surface area contributed by atoms with Crippen LogP contribution in [0.2, 0.25) is 0 Å². The van der Waals surface area contributed by atoms with E-state index >= 15 is 0 Å². The zero-order chi connectivity index (χ0) is 19.1. The van der Waals surface area contributed by atoms with Crippen molar-refractivity contribution < 1.29 is 0 Å². The molecule has 0 fully saturated rings. The van der Waals surface area contributed by atoms with E-state index in [1.807, 2.05) is 0 Å². The number of hydrogen-bond acceptors (Lipinski definition) is 1. The maximum Gasteiger partial charge on any atom is 0.141 e. The van der Waals surface area contributed by atoms with E-state index in [1.54, 1.807) is 0 Å². The molecule has 0 aliphatic heterocycles. The number of rotatable bonds is 3.